The van der Waals surface area contributed by atoms with Gasteiger partial charge in [-0.1, -0.05) is 44.3 Å². The fraction of sp³-hybridized carbons (Fsp3) is 0.688. The summed E-state index contributed by atoms with van der Waals surface area (Å²) in [5.74, 6) is 2.52. The maximum absolute atomic E-state index is 4.10. The minimum absolute atomic E-state index is 0.721. The third-order valence-corrected chi connectivity index (χ3v) is 4.61. The molecule has 0 aliphatic heterocycles. The molecule has 2 heteroatoms. The van der Waals surface area contributed by atoms with E-state index in [2.05, 4.69) is 22.1 Å². The molecular weight excluding hydrogens is 220 g/mol. The van der Waals surface area contributed by atoms with Crippen LogP contribution in [0.25, 0.3) is 0 Å². The zero-order valence-corrected chi connectivity index (χ0v) is 11.1. The second kappa shape index (κ2) is 5.73. The smallest absolute Gasteiger partial charge is 0.0921 e. The molecule has 0 amide bonds. The summed E-state index contributed by atoms with van der Waals surface area (Å²) in [4.78, 5) is 7.32. The van der Waals surface area contributed by atoms with Gasteiger partial charge in [0.15, 0.2) is 0 Å². The first-order chi connectivity index (χ1) is 8.93. The average molecular weight is 244 g/mol. The van der Waals surface area contributed by atoms with Gasteiger partial charge in [-0.25, -0.2) is 4.98 Å². The molecule has 2 saturated carbocycles. The van der Waals surface area contributed by atoms with E-state index in [-0.39, 0.29) is 0 Å². The van der Waals surface area contributed by atoms with E-state index in [1.54, 1.807) is 6.33 Å². The molecule has 1 aromatic rings. The molecule has 0 unspecified atom stereocenters. The summed E-state index contributed by atoms with van der Waals surface area (Å²) in [6, 6.07) is 0. The van der Waals surface area contributed by atoms with Gasteiger partial charge in [0.2, 0.25) is 0 Å². The Hall–Kier alpha value is -1.05. The third-order valence-electron chi connectivity index (χ3n) is 4.61. The van der Waals surface area contributed by atoms with E-state index in [0.717, 1.165) is 17.8 Å². The fourth-order valence-electron chi connectivity index (χ4n) is 3.33. The Labute approximate surface area is 110 Å². The van der Waals surface area contributed by atoms with Crippen LogP contribution < -0.4 is 0 Å². The number of allylic oxidation sites excluding steroid dienone is 2. The number of aromatic nitrogens is 2. The first kappa shape index (κ1) is 12.0. The van der Waals surface area contributed by atoms with Crippen LogP contribution in [0.5, 0.6) is 0 Å². The number of nitrogens with one attached hydrogen (secondary N) is 1. The number of hydrogen-bond acceptors (Lipinski definition) is 1. The van der Waals surface area contributed by atoms with Crippen molar-refractivity contribution in [1.82, 2.24) is 9.97 Å². The van der Waals surface area contributed by atoms with Gasteiger partial charge in [-0.3, -0.25) is 0 Å². The monoisotopic (exact) mass is 244 g/mol. The lowest BCUT2D eigenvalue weighted by atomic mass is 9.86. The number of rotatable bonds is 5. The van der Waals surface area contributed by atoms with Crippen molar-refractivity contribution in [3.63, 3.8) is 0 Å². The summed E-state index contributed by atoms with van der Waals surface area (Å²) in [6.07, 6.45) is 20.0. The van der Waals surface area contributed by atoms with Crippen LogP contribution >= 0.6 is 0 Å². The summed E-state index contributed by atoms with van der Waals surface area (Å²) in [7, 11) is 0. The number of nitrogens with zero attached hydrogens (tertiary/aromatic N) is 1. The second-order valence-electron chi connectivity index (χ2n) is 6.02. The predicted molar refractivity (Wildman–Crippen MR) is 74.4 cm³/mol. The molecule has 98 valence electrons. The van der Waals surface area contributed by atoms with Crippen LogP contribution in [0.15, 0.2) is 24.7 Å². The van der Waals surface area contributed by atoms with E-state index in [1.165, 1.54) is 57.1 Å². The van der Waals surface area contributed by atoms with Crippen LogP contribution in [0.3, 0.4) is 0 Å². The molecule has 1 heterocycles. The van der Waals surface area contributed by atoms with Crippen LogP contribution in [0.2, 0.25) is 0 Å². The van der Waals surface area contributed by atoms with Crippen molar-refractivity contribution in [3.05, 3.63) is 30.4 Å². The van der Waals surface area contributed by atoms with Crippen molar-refractivity contribution in [1.29, 1.82) is 0 Å². The molecule has 18 heavy (non-hydrogen) atoms. The summed E-state index contributed by atoms with van der Waals surface area (Å²) < 4.78 is 0. The molecule has 2 aliphatic rings. The highest BCUT2D eigenvalue weighted by molar-refractivity contribution is 5.19. The summed E-state index contributed by atoms with van der Waals surface area (Å²) in [5, 5.41) is 0. The zero-order chi connectivity index (χ0) is 12.2. The first-order valence-corrected chi connectivity index (χ1v) is 7.58. The van der Waals surface area contributed by atoms with Crippen LogP contribution in [-0.2, 0) is 0 Å². The van der Waals surface area contributed by atoms with Crippen molar-refractivity contribution in [3.8, 4) is 0 Å². The lowest BCUT2D eigenvalue weighted by Gasteiger charge is -2.20. The van der Waals surface area contributed by atoms with Gasteiger partial charge in [-0.05, 0) is 31.1 Å². The standard InChI is InChI=1S/C16H24N2/c1-2-6-13(7-3-1)8-4-5-9-14-10-15(14)16-11-17-12-18-16/h5,9,11-15H,1-4,6-8,10H2,(H,17,18)/t14-,15-/m1/s1. The number of aromatic amines is 1. The Bertz CT molecular complexity index is 374. The predicted octanol–water partition coefficient (Wildman–Crippen LogP) is 4.43. The van der Waals surface area contributed by atoms with Crippen LogP contribution in [0.1, 0.15) is 63.0 Å². The zero-order valence-electron chi connectivity index (χ0n) is 11.1. The number of H-pyrrole nitrogens is 1. The normalized spacial score (nSPS) is 28.9. The molecule has 2 atom stereocenters. The molecule has 2 nitrogen and oxygen atoms in total. The van der Waals surface area contributed by atoms with E-state index < -0.39 is 0 Å². The van der Waals surface area contributed by atoms with E-state index in [0.29, 0.717) is 0 Å². The SMILES string of the molecule is C(=C[C@@H]1C[C@H]1c1cnc[nH]1)CCC1CCCCC1. The van der Waals surface area contributed by atoms with Crippen molar-refractivity contribution < 1.29 is 0 Å². The van der Waals surface area contributed by atoms with Gasteiger partial charge >= 0.3 is 0 Å². The van der Waals surface area contributed by atoms with Crippen molar-refractivity contribution in [2.24, 2.45) is 11.8 Å². The lowest BCUT2D eigenvalue weighted by molar-refractivity contribution is 0.341. The Morgan fingerprint density at radius 2 is 2.17 bits per heavy atom. The highest BCUT2D eigenvalue weighted by atomic mass is 14.9. The molecule has 0 radical (unpaired) electrons. The van der Waals surface area contributed by atoms with E-state index in [4.69, 9.17) is 0 Å². The molecular formula is C16H24N2. The molecule has 1 aromatic heterocycles. The van der Waals surface area contributed by atoms with Crippen LogP contribution in [-0.4, -0.2) is 9.97 Å². The lowest BCUT2D eigenvalue weighted by Crippen LogP contribution is -2.05. The van der Waals surface area contributed by atoms with Gasteiger partial charge < -0.3 is 4.98 Å². The highest BCUT2D eigenvalue weighted by Gasteiger charge is 2.36. The summed E-state index contributed by atoms with van der Waals surface area (Å²) in [6.45, 7) is 0. The van der Waals surface area contributed by atoms with Gasteiger partial charge in [0.1, 0.15) is 0 Å². The molecule has 0 aromatic carbocycles. The van der Waals surface area contributed by atoms with Crippen molar-refractivity contribution >= 4 is 0 Å². The third kappa shape index (κ3) is 3.04. The summed E-state index contributed by atoms with van der Waals surface area (Å²) >= 11 is 0. The van der Waals surface area contributed by atoms with Gasteiger partial charge in [-0.2, -0.15) is 0 Å². The van der Waals surface area contributed by atoms with Crippen LogP contribution in [0, 0.1) is 11.8 Å². The van der Waals surface area contributed by atoms with Gasteiger partial charge in [0.25, 0.3) is 0 Å². The largest absolute Gasteiger partial charge is 0.348 e. The average Bonchev–Trinajstić information content (AvgIpc) is 2.98. The topological polar surface area (TPSA) is 28.7 Å². The Balaban J connectivity index is 1.35. The first-order valence-electron chi connectivity index (χ1n) is 7.58. The van der Waals surface area contributed by atoms with Gasteiger partial charge in [-0.15, -0.1) is 0 Å². The fourth-order valence-corrected chi connectivity index (χ4v) is 3.33. The molecule has 2 fully saturated rings. The summed E-state index contributed by atoms with van der Waals surface area (Å²) in [5.41, 5.74) is 1.32. The maximum atomic E-state index is 4.10. The molecule has 0 bridgehead atoms. The van der Waals surface area contributed by atoms with Crippen molar-refractivity contribution in [2.45, 2.75) is 57.3 Å². The highest BCUT2D eigenvalue weighted by Crippen LogP contribution is 2.47. The minimum atomic E-state index is 0.721. The van der Waals surface area contributed by atoms with E-state index >= 15 is 0 Å². The second-order valence-corrected chi connectivity index (χ2v) is 6.02. The van der Waals surface area contributed by atoms with Gasteiger partial charge in [0.05, 0.1) is 6.33 Å². The number of hydrogen-bond donors (Lipinski definition) is 1. The Morgan fingerprint density at radius 1 is 1.28 bits per heavy atom. The minimum Gasteiger partial charge on any atom is -0.348 e. The maximum Gasteiger partial charge on any atom is 0.0921 e. The van der Waals surface area contributed by atoms with Gasteiger partial charge in [0, 0.05) is 17.8 Å². The van der Waals surface area contributed by atoms with E-state index in [1.807, 2.05) is 6.20 Å². The van der Waals surface area contributed by atoms with E-state index in [9.17, 15) is 0 Å². The molecule has 0 saturated heterocycles. The quantitative estimate of drug-likeness (QED) is 0.763. The molecule has 0 spiro atoms. The Morgan fingerprint density at radius 3 is 2.94 bits per heavy atom. The molecule has 1 N–H and O–H groups in total. The molecule has 3 rings (SSSR count). The number of imidazole rings is 1. The van der Waals surface area contributed by atoms with Crippen molar-refractivity contribution in [2.75, 3.05) is 0 Å². The molecule has 2 aliphatic carbocycles. The Kier molecular flexibility index (Phi) is 3.82. The van der Waals surface area contributed by atoms with Crippen LogP contribution in [0.4, 0.5) is 0 Å².